The molecule has 128 valence electrons. The van der Waals surface area contributed by atoms with Crippen LogP contribution in [0.15, 0.2) is 12.1 Å². The molecule has 2 rings (SSSR count). The summed E-state index contributed by atoms with van der Waals surface area (Å²) in [6, 6.07) is 3.08. The molecule has 0 spiro atoms. The van der Waals surface area contributed by atoms with Crippen molar-refractivity contribution in [2.24, 2.45) is 0 Å². The lowest BCUT2D eigenvalue weighted by molar-refractivity contribution is -0.134. The number of hydrogen-bond acceptors (Lipinski definition) is 6. The summed E-state index contributed by atoms with van der Waals surface area (Å²) < 4.78 is 21.1. The molecular weight excluding hydrogens is 300 g/mol. The van der Waals surface area contributed by atoms with Crippen molar-refractivity contribution in [3.8, 4) is 11.5 Å². The van der Waals surface area contributed by atoms with E-state index in [2.05, 4.69) is 0 Å². The predicted octanol–water partition coefficient (Wildman–Crippen LogP) is 1.51. The van der Waals surface area contributed by atoms with Gasteiger partial charge in [-0.2, -0.15) is 0 Å². The molecule has 7 heteroatoms. The first kappa shape index (κ1) is 17.4. The Labute approximate surface area is 136 Å². The number of methoxy groups -OCH3 is 4. The maximum Gasteiger partial charge on any atom is 0.256 e. The molecule has 2 N–H and O–H groups in total. The molecular formula is C16H24N2O5. The third-order valence-electron chi connectivity index (χ3n) is 4.12. The highest BCUT2D eigenvalue weighted by molar-refractivity contribution is 6.00. The number of nitrogen functional groups attached to an aromatic ring is 1. The molecule has 1 saturated heterocycles. The summed E-state index contributed by atoms with van der Waals surface area (Å²) in [4.78, 5) is 14.7. The van der Waals surface area contributed by atoms with Gasteiger partial charge in [0.2, 0.25) is 0 Å². The zero-order valence-corrected chi connectivity index (χ0v) is 14.0. The first-order valence-corrected chi connectivity index (χ1v) is 7.45. The Morgan fingerprint density at radius 2 is 1.78 bits per heavy atom. The van der Waals surface area contributed by atoms with Crippen LogP contribution in [0.3, 0.4) is 0 Å². The summed E-state index contributed by atoms with van der Waals surface area (Å²) >= 11 is 0. The molecule has 1 fully saturated rings. The van der Waals surface area contributed by atoms with Crippen LogP contribution in [0.2, 0.25) is 0 Å². The van der Waals surface area contributed by atoms with Crippen molar-refractivity contribution in [3.05, 3.63) is 17.7 Å². The largest absolute Gasteiger partial charge is 0.493 e. The van der Waals surface area contributed by atoms with Crippen LogP contribution < -0.4 is 15.2 Å². The summed E-state index contributed by atoms with van der Waals surface area (Å²) in [5.41, 5.74) is 6.77. The molecule has 0 unspecified atom stereocenters. The van der Waals surface area contributed by atoms with Crippen LogP contribution >= 0.6 is 0 Å². The van der Waals surface area contributed by atoms with Gasteiger partial charge in [-0.15, -0.1) is 0 Å². The van der Waals surface area contributed by atoms with Crippen LogP contribution in [0, 0.1) is 0 Å². The zero-order chi connectivity index (χ0) is 17.0. The topological polar surface area (TPSA) is 83.3 Å². The van der Waals surface area contributed by atoms with Gasteiger partial charge in [-0.1, -0.05) is 0 Å². The molecule has 1 amide bonds. The number of nitrogens with two attached hydrogens (primary N) is 1. The SMILES string of the molecule is COc1cc(N)c(C(=O)N2CCC[C@@H]2C(OC)OC)cc1OC. The summed E-state index contributed by atoms with van der Waals surface area (Å²) in [6.45, 7) is 0.639. The van der Waals surface area contributed by atoms with E-state index in [4.69, 9.17) is 24.7 Å². The van der Waals surface area contributed by atoms with Crippen LogP contribution in [0.4, 0.5) is 5.69 Å². The third kappa shape index (κ3) is 3.35. The minimum absolute atomic E-state index is 0.134. The number of likely N-dealkylation sites (tertiary alicyclic amines) is 1. The molecule has 1 aromatic rings. The van der Waals surface area contributed by atoms with Crippen molar-refractivity contribution in [2.45, 2.75) is 25.2 Å². The highest BCUT2D eigenvalue weighted by atomic mass is 16.7. The number of anilines is 1. The average Bonchev–Trinajstić information content (AvgIpc) is 3.04. The lowest BCUT2D eigenvalue weighted by atomic mass is 10.1. The molecule has 0 saturated carbocycles. The fourth-order valence-corrected chi connectivity index (χ4v) is 2.97. The molecule has 1 aliphatic rings. The van der Waals surface area contributed by atoms with Gasteiger partial charge in [0.1, 0.15) is 0 Å². The Morgan fingerprint density at radius 1 is 1.17 bits per heavy atom. The normalized spacial score (nSPS) is 17.6. The Kier molecular flexibility index (Phi) is 5.68. The monoisotopic (exact) mass is 324 g/mol. The molecule has 1 heterocycles. The van der Waals surface area contributed by atoms with E-state index in [1.165, 1.54) is 14.2 Å². The lowest BCUT2D eigenvalue weighted by Crippen LogP contribution is -2.44. The van der Waals surface area contributed by atoms with Gasteiger partial charge in [0.15, 0.2) is 17.8 Å². The van der Waals surface area contributed by atoms with Gasteiger partial charge in [-0.3, -0.25) is 4.79 Å². The summed E-state index contributed by atoms with van der Waals surface area (Å²) in [6.07, 6.45) is 1.26. The van der Waals surface area contributed by atoms with Gasteiger partial charge in [0.25, 0.3) is 5.91 Å². The Bertz CT molecular complexity index is 560. The summed E-state index contributed by atoms with van der Waals surface area (Å²) in [5.74, 6) is 0.798. The number of nitrogens with zero attached hydrogens (tertiary/aromatic N) is 1. The molecule has 0 aromatic heterocycles. The lowest BCUT2D eigenvalue weighted by Gasteiger charge is -2.30. The van der Waals surface area contributed by atoms with Gasteiger partial charge in [0.05, 0.1) is 25.8 Å². The van der Waals surface area contributed by atoms with Crippen molar-refractivity contribution >= 4 is 11.6 Å². The first-order chi connectivity index (χ1) is 11.1. The van der Waals surface area contributed by atoms with E-state index in [1.807, 2.05) is 0 Å². The molecule has 1 aromatic carbocycles. The number of hydrogen-bond donors (Lipinski definition) is 1. The maximum atomic E-state index is 12.9. The highest BCUT2D eigenvalue weighted by Crippen LogP contribution is 2.34. The number of benzene rings is 1. The van der Waals surface area contributed by atoms with Crippen molar-refractivity contribution < 1.29 is 23.7 Å². The minimum Gasteiger partial charge on any atom is -0.493 e. The van der Waals surface area contributed by atoms with E-state index in [9.17, 15) is 4.79 Å². The standard InChI is InChI=1S/C16H24N2O5/c1-20-13-8-10(11(17)9-14(13)21-2)15(19)18-7-5-6-12(18)16(22-3)23-4/h8-9,12,16H,5-7,17H2,1-4H3/t12-/m1/s1. The number of carbonyl (C=O) groups excluding carboxylic acids is 1. The van der Waals surface area contributed by atoms with Crippen molar-refractivity contribution in [1.82, 2.24) is 4.90 Å². The number of rotatable bonds is 6. The van der Waals surface area contributed by atoms with Gasteiger partial charge < -0.3 is 29.6 Å². The second-order valence-corrected chi connectivity index (χ2v) is 5.34. The molecule has 23 heavy (non-hydrogen) atoms. The average molecular weight is 324 g/mol. The third-order valence-corrected chi connectivity index (χ3v) is 4.12. The Hall–Kier alpha value is -1.99. The number of ether oxygens (including phenoxy) is 4. The van der Waals surface area contributed by atoms with Gasteiger partial charge in [0, 0.05) is 32.5 Å². The Morgan fingerprint density at radius 3 is 2.35 bits per heavy atom. The molecule has 0 bridgehead atoms. The minimum atomic E-state index is -0.456. The first-order valence-electron chi connectivity index (χ1n) is 7.45. The predicted molar refractivity (Wildman–Crippen MR) is 85.8 cm³/mol. The molecule has 7 nitrogen and oxygen atoms in total. The van der Waals surface area contributed by atoms with Crippen molar-refractivity contribution in [2.75, 3.05) is 40.7 Å². The van der Waals surface area contributed by atoms with Gasteiger partial charge in [-0.25, -0.2) is 0 Å². The molecule has 0 aliphatic carbocycles. The van der Waals surface area contributed by atoms with Gasteiger partial charge >= 0.3 is 0 Å². The fraction of sp³-hybridized carbons (Fsp3) is 0.562. The van der Waals surface area contributed by atoms with Crippen LogP contribution in [-0.2, 0) is 9.47 Å². The van der Waals surface area contributed by atoms with E-state index >= 15 is 0 Å². The maximum absolute atomic E-state index is 12.9. The van der Waals surface area contributed by atoms with E-state index in [1.54, 1.807) is 31.3 Å². The van der Waals surface area contributed by atoms with E-state index < -0.39 is 6.29 Å². The van der Waals surface area contributed by atoms with E-state index in [0.29, 0.717) is 29.3 Å². The van der Waals surface area contributed by atoms with Crippen molar-refractivity contribution in [1.29, 1.82) is 0 Å². The summed E-state index contributed by atoms with van der Waals surface area (Å²) in [7, 11) is 6.18. The van der Waals surface area contributed by atoms with Crippen LogP contribution in [0.1, 0.15) is 23.2 Å². The summed E-state index contributed by atoms with van der Waals surface area (Å²) in [5, 5.41) is 0. The fourth-order valence-electron chi connectivity index (χ4n) is 2.97. The number of amides is 1. The van der Waals surface area contributed by atoms with Crippen LogP contribution in [-0.4, -0.2) is 58.1 Å². The second-order valence-electron chi connectivity index (χ2n) is 5.34. The number of carbonyl (C=O) groups is 1. The molecule has 1 aliphatic heterocycles. The molecule has 0 radical (unpaired) electrons. The smallest absolute Gasteiger partial charge is 0.256 e. The van der Waals surface area contributed by atoms with Crippen LogP contribution in [0.25, 0.3) is 0 Å². The van der Waals surface area contributed by atoms with Crippen LogP contribution in [0.5, 0.6) is 11.5 Å². The van der Waals surface area contributed by atoms with E-state index in [0.717, 1.165) is 12.8 Å². The van der Waals surface area contributed by atoms with E-state index in [-0.39, 0.29) is 11.9 Å². The Balaban J connectivity index is 2.32. The quantitative estimate of drug-likeness (QED) is 0.631. The van der Waals surface area contributed by atoms with Crippen molar-refractivity contribution in [3.63, 3.8) is 0 Å². The zero-order valence-electron chi connectivity index (χ0n) is 14.0. The second kappa shape index (κ2) is 7.52. The highest BCUT2D eigenvalue weighted by Gasteiger charge is 2.36. The molecule has 1 atom stereocenters. The van der Waals surface area contributed by atoms with Gasteiger partial charge in [-0.05, 0) is 18.9 Å².